The van der Waals surface area contributed by atoms with Crippen LogP contribution in [0.1, 0.15) is 245 Å². The van der Waals surface area contributed by atoms with Crippen LogP contribution in [0.5, 0.6) is 0 Å². The monoisotopic (exact) mass is 788 g/mol. The summed E-state index contributed by atoms with van der Waals surface area (Å²) in [5.74, 6) is -0.168. The molecule has 0 aliphatic rings. The van der Waals surface area contributed by atoms with E-state index in [0.717, 1.165) is 51.4 Å². The smallest absolute Gasteiger partial charge is 0.305 e. The number of carbonyl (C=O) groups excluding carboxylic acids is 2. The highest BCUT2D eigenvalue weighted by Gasteiger charge is 2.17. The molecule has 6 nitrogen and oxygen atoms in total. The standard InChI is InChI=1S/C50H93NO5/c1-3-5-7-9-11-13-15-18-22-26-30-34-38-42-48(53)47(46-52)51-49(54)43-39-35-31-27-23-20-17-21-25-29-33-37-41-45-56-50(55)44-40-36-32-28-24-19-16-14-12-10-8-6-4-2/h20,23,31,35,38,42,47-48,52-53H,3-19,21-22,24-30,32-34,36-37,39-41,43-46H2,1-2H3,(H,51,54)/b23-20-,35-31-,42-38+. The predicted octanol–water partition coefficient (Wildman–Crippen LogP) is 14.1. The summed E-state index contributed by atoms with van der Waals surface area (Å²) >= 11 is 0. The van der Waals surface area contributed by atoms with Crippen LogP contribution in [0.2, 0.25) is 0 Å². The number of hydrogen-bond donors (Lipinski definition) is 3. The van der Waals surface area contributed by atoms with Gasteiger partial charge in [0.05, 0.1) is 25.4 Å². The molecule has 2 atom stereocenters. The van der Waals surface area contributed by atoms with Crippen LogP contribution >= 0.6 is 0 Å². The number of nitrogens with one attached hydrogen (secondary N) is 1. The summed E-state index contributed by atoms with van der Waals surface area (Å²) in [6.45, 7) is 4.82. The van der Waals surface area contributed by atoms with Crippen molar-refractivity contribution < 1.29 is 24.5 Å². The molecule has 328 valence electrons. The lowest BCUT2D eigenvalue weighted by Crippen LogP contribution is -2.45. The summed E-state index contributed by atoms with van der Waals surface area (Å²) in [4.78, 5) is 24.3. The Hall–Kier alpha value is -1.92. The molecule has 56 heavy (non-hydrogen) atoms. The number of aliphatic hydroxyl groups excluding tert-OH is 2. The van der Waals surface area contributed by atoms with Gasteiger partial charge in [0.25, 0.3) is 0 Å². The van der Waals surface area contributed by atoms with E-state index in [1.54, 1.807) is 6.08 Å². The molecule has 0 aliphatic carbocycles. The van der Waals surface area contributed by atoms with Crippen molar-refractivity contribution in [1.29, 1.82) is 0 Å². The Bertz CT molecular complexity index is 915. The Morgan fingerprint density at radius 1 is 0.500 bits per heavy atom. The van der Waals surface area contributed by atoms with Gasteiger partial charge in [-0.25, -0.2) is 0 Å². The van der Waals surface area contributed by atoms with E-state index in [9.17, 15) is 19.8 Å². The molecule has 0 aromatic heterocycles. The Morgan fingerprint density at radius 2 is 0.911 bits per heavy atom. The van der Waals surface area contributed by atoms with E-state index in [2.05, 4.69) is 37.4 Å². The number of hydrogen-bond acceptors (Lipinski definition) is 5. The Kier molecular flexibility index (Phi) is 44.2. The van der Waals surface area contributed by atoms with Crippen LogP contribution in [-0.2, 0) is 14.3 Å². The fourth-order valence-electron chi connectivity index (χ4n) is 7.15. The second kappa shape index (κ2) is 45.8. The molecule has 0 aliphatic heterocycles. The third-order valence-electron chi connectivity index (χ3n) is 10.9. The van der Waals surface area contributed by atoms with E-state index in [-0.39, 0.29) is 18.5 Å². The molecule has 6 heteroatoms. The SMILES string of the molecule is CCCCCCCCCCCCC/C=C/C(O)C(CO)NC(=O)CC/C=C\C/C=C\CCCCCCCCOC(=O)CCCCCCCCCCCCCCC. The van der Waals surface area contributed by atoms with Crippen molar-refractivity contribution >= 4 is 11.9 Å². The molecule has 0 fully saturated rings. The van der Waals surface area contributed by atoms with Crippen LogP contribution in [0.3, 0.4) is 0 Å². The van der Waals surface area contributed by atoms with Crippen LogP contribution < -0.4 is 5.32 Å². The molecule has 0 radical (unpaired) electrons. The summed E-state index contributed by atoms with van der Waals surface area (Å²) in [6, 6.07) is -0.670. The van der Waals surface area contributed by atoms with Crippen molar-refractivity contribution in [3.05, 3.63) is 36.5 Å². The lowest BCUT2D eigenvalue weighted by atomic mass is 10.0. The van der Waals surface area contributed by atoms with Crippen LogP contribution in [-0.4, -0.2) is 47.4 Å². The molecule has 0 rings (SSSR count). The van der Waals surface area contributed by atoms with Gasteiger partial charge in [-0.15, -0.1) is 0 Å². The number of esters is 1. The molecular weight excluding hydrogens is 695 g/mol. The fourth-order valence-corrected chi connectivity index (χ4v) is 7.15. The van der Waals surface area contributed by atoms with Gasteiger partial charge in [-0.05, 0) is 51.4 Å². The van der Waals surface area contributed by atoms with Gasteiger partial charge in [0, 0.05) is 12.8 Å². The average Bonchev–Trinajstić information content (AvgIpc) is 3.20. The first-order valence-corrected chi connectivity index (χ1v) is 24.3. The summed E-state index contributed by atoms with van der Waals surface area (Å²) in [6.07, 6.45) is 54.3. The second-order valence-corrected chi connectivity index (χ2v) is 16.4. The van der Waals surface area contributed by atoms with Crippen molar-refractivity contribution in [2.24, 2.45) is 0 Å². The van der Waals surface area contributed by atoms with Gasteiger partial charge in [-0.3, -0.25) is 9.59 Å². The van der Waals surface area contributed by atoms with E-state index in [1.165, 1.54) is 161 Å². The van der Waals surface area contributed by atoms with E-state index in [0.29, 0.717) is 25.9 Å². The Labute approximate surface area is 347 Å². The highest BCUT2D eigenvalue weighted by atomic mass is 16.5. The maximum atomic E-state index is 12.4. The van der Waals surface area contributed by atoms with E-state index < -0.39 is 12.1 Å². The van der Waals surface area contributed by atoms with Crippen molar-refractivity contribution in [3.63, 3.8) is 0 Å². The molecule has 0 aromatic rings. The van der Waals surface area contributed by atoms with E-state index >= 15 is 0 Å². The minimum Gasteiger partial charge on any atom is -0.466 e. The number of unbranched alkanes of at least 4 members (excludes halogenated alkanes) is 29. The third-order valence-corrected chi connectivity index (χ3v) is 10.9. The molecular formula is C50H93NO5. The molecule has 0 spiro atoms. The maximum Gasteiger partial charge on any atom is 0.305 e. The van der Waals surface area contributed by atoms with Crippen LogP contribution in [0.15, 0.2) is 36.5 Å². The number of aliphatic hydroxyl groups is 2. The lowest BCUT2D eigenvalue weighted by molar-refractivity contribution is -0.143. The van der Waals surface area contributed by atoms with Gasteiger partial charge in [-0.2, -0.15) is 0 Å². The van der Waals surface area contributed by atoms with Crippen LogP contribution in [0.4, 0.5) is 0 Å². The molecule has 0 saturated heterocycles. The zero-order valence-corrected chi connectivity index (χ0v) is 37.1. The van der Waals surface area contributed by atoms with Gasteiger partial charge in [0.2, 0.25) is 5.91 Å². The van der Waals surface area contributed by atoms with Crippen molar-refractivity contribution in [1.82, 2.24) is 5.32 Å². The van der Waals surface area contributed by atoms with Gasteiger partial charge >= 0.3 is 5.97 Å². The number of allylic oxidation sites excluding steroid dienone is 5. The fraction of sp³-hybridized carbons (Fsp3) is 0.840. The van der Waals surface area contributed by atoms with Crippen molar-refractivity contribution in [3.8, 4) is 0 Å². The highest BCUT2D eigenvalue weighted by molar-refractivity contribution is 5.76. The van der Waals surface area contributed by atoms with Gasteiger partial charge < -0.3 is 20.3 Å². The normalized spacial score (nSPS) is 13.0. The number of rotatable bonds is 44. The van der Waals surface area contributed by atoms with Crippen LogP contribution in [0, 0.1) is 0 Å². The molecule has 0 saturated carbocycles. The van der Waals surface area contributed by atoms with Crippen LogP contribution in [0.25, 0.3) is 0 Å². The zero-order valence-electron chi connectivity index (χ0n) is 37.1. The van der Waals surface area contributed by atoms with Crippen molar-refractivity contribution in [2.45, 2.75) is 257 Å². The first-order valence-electron chi connectivity index (χ1n) is 24.3. The highest BCUT2D eigenvalue weighted by Crippen LogP contribution is 2.15. The predicted molar refractivity (Wildman–Crippen MR) is 241 cm³/mol. The molecule has 3 N–H and O–H groups in total. The molecule has 0 aromatic carbocycles. The average molecular weight is 788 g/mol. The molecule has 2 unspecified atom stereocenters. The number of carbonyl (C=O) groups is 2. The summed E-state index contributed by atoms with van der Waals surface area (Å²) < 4.78 is 5.44. The lowest BCUT2D eigenvalue weighted by Gasteiger charge is -2.19. The third kappa shape index (κ3) is 41.7. The molecule has 0 bridgehead atoms. The first kappa shape index (κ1) is 54.1. The van der Waals surface area contributed by atoms with E-state index in [1.807, 2.05) is 12.2 Å². The number of ether oxygens (including phenoxy) is 1. The summed E-state index contributed by atoms with van der Waals surface area (Å²) in [5.41, 5.74) is 0. The topological polar surface area (TPSA) is 95.9 Å². The molecule has 0 heterocycles. The van der Waals surface area contributed by atoms with Crippen molar-refractivity contribution in [2.75, 3.05) is 13.2 Å². The molecule has 1 amide bonds. The minimum absolute atomic E-state index is 0.0178. The number of amides is 1. The minimum atomic E-state index is -0.877. The van der Waals surface area contributed by atoms with Gasteiger partial charge in [0.15, 0.2) is 0 Å². The maximum absolute atomic E-state index is 12.4. The van der Waals surface area contributed by atoms with Gasteiger partial charge in [-0.1, -0.05) is 217 Å². The Morgan fingerprint density at radius 3 is 1.39 bits per heavy atom. The summed E-state index contributed by atoms with van der Waals surface area (Å²) in [7, 11) is 0. The largest absolute Gasteiger partial charge is 0.466 e. The van der Waals surface area contributed by atoms with Gasteiger partial charge in [0.1, 0.15) is 0 Å². The first-order chi connectivity index (χ1) is 27.5. The van der Waals surface area contributed by atoms with E-state index in [4.69, 9.17) is 4.74 Å². The zero-order chi connectivity index (χ0) is 40.8. The Balaban J connectivity index is 3.59. The second-order valence-electron chi connectivity index (χ2n) is 16.4. The summed E-state index contributed by atoms with van der Waals surface area (Å²) in [5, 5.41) is 22.9. The quantitative estimate of drug-likeness (QED) is 0.0325.